The molecular formula is C19H25NO2. The molecule has 0 amide bonds. The lowest BCUT2D eigenvalue weighted by Crippen LogP contribution is -2.10. The first-order valence-corrected chi connectivity index (χ1v) is 8.30. The van der Waals surface area contributed by atoms with Crippen LogP contribution in [0.25, 0.3) is 10.9 Å². The van der Waals surface area contributed by atoms with Crippen LogP contribution in [0.15, 0.2) is 36.4 Å². The highest BCUT2D eigenvalue weighted by Gasteiger charge is 2.06. The zero-order valence-electron chi connectivity index (χ0n) is 13.4. The monoisotopic (exact) mass is 299 g/mol. The number of para-hydroxylation sites is 1. The van der Waals surface area contributed by atoms with Gasteiger partial charge in [0.05, 0.1) is 24.2 Å². The second-order valence-electron chi connectivity index (χ2n) is 5.66. The van der Waals surface area contributed by atoms with Gasteiger partial charge in [-0.3, -0.25) is 9.78 Å². The second kappa shape index (κ2) is 9.19. The minimum Gasteiger partial charge on any atom is -0.465 e. The number of carbonyl (C=O) groups is 1. The average Bonchev–Trinajstić information content (AvgIpc) is 2.54. The molecule has 0 saturated carbocycles. The van der Waals surface area contributed by atoms with Crippen LogP contribution < -0.4 is 0 Å². The number of unbranched alkanes of at least 4 members (excludes halogenated alkanes) is 5. The first kappa shape index (κ1) is 16.5. The molecule has 0 aliphatic carbocycles. The lowest BCUT2D eigenvalue weighted by Gasteiger charge is -2.05. The Kier molecular flexibility index (Phi) is 6.88. The number of esters is 1. The minimum atomic E-state index is -0.184. The third-order valence-corrected chi connectivity index (χ3v) is 3.74. The Bertz CT molecular complexity index is 595. The summed E-state index contributed by atoms with van der Waals surface area (Å²) in [5, 5.41) is 1.09. The Balaban J connectivity index is 1.69. The molecule has 118 valence electrons. The number of nitrogens with zero attached hydrogens (tertiary/aromatic N) is 1. The maximum absolute atomic E-state index is 11.8. The molecule has 0 radical (unpaired) electrons. The highest BCUT2D eigenvalue weighted by Crippen LogP contribution is 2.12. The lowest BCUT2D eigenvalue weighted by molar-refractivity contribution is -0.143. The molecule has 0 unspecified atom stereocenters. The number of ether oxygens (including phenoxy) is 1. The van der Waals surface area contributed by atoms with Crippen LogP contribution in [0.5, 0.6) is 0 Å². The fourth-order valence-electron chi connectivity index (χ4n) is 2.47. The van der Waals surface area contributed by atoms with Crippen molar-refractivity contribution in [3.63, 3.8) is 0 Å². The Hall–Kier alpha value is -1.90. The molecule has 0 aliphatic rings. The van der Waals surface area contributed by atoms with Crippen molar-refractivity contribution in [3.05, 3.63) is 42.1 Å². The van der Waals surface area contributed by atoms with Gasteiger partial charge in [-0.15, -0.1) is 0 Å². The molecular weight excluding hydrogens is 274 g/mol. The topological polar surface area (TPSA) is 39.2 Å². The summed E-state index contributed by atoms with van der Waals surface area (Å²) in [7, 11) is 0. The smallest absolute Gasteiger partial charge is 0.311 e. The third kappa shape index (κ3) is 5.47. The first-order chi connectivity index (χ1) is 10.8. The van der Waals surface area contributed by atoms with Gasteiger partial charge in [0.15, 0.2) is 0 Å². The summed E-state index contributed by atoms with van der Waals surface area (Å²) in [4.78, 5) is 16.3. The normalized spacial score (nSPS) is 10.8. The number of hydrogen-bond acceptors (Lipinski definition) is 3. The summed E-state index contributed by atoms with van der Waals surface area (Å²) in [6.07, 6.45) is 7.42. The number of carbonyl (C=O) groups excluding carboxylic acids is 1. The van der Waals surface area contributed by atoms with Crippen molar-refractivity contribution in [2.75, 3.05) is 6.61 Å². The molecule has 0 bridgehead atoms. The molecule has 3 nitrogen and oxygen atoms in total. The Labute approximate surface area is 132 Å². The molecule has 0 spiro atoms. The van der Waals surface area contributed by atoms with E-state index in [-0.39, 0.29) is 12.4 Å². The van der Waals surface area contributed by atoms with Crippen LogP contribution in [0.3, 0.4) is 0 Å². The molecule has 1 aromatic heterocycles. The molecule has 3 heteroatoms. The number of pyridine rings is 1. The van der Waals surface area contributed by atoms with Crippen LogP contribution in [-0.2, 0) is 16.0 Å². The standard InChI is InChI=1S/C19H25NO2/c1-2-3-4-5-6-9-14-22-19(21)15-17-13-12-16-10-7-8-11-18(16)20-17/h7-8,10-13H,2-6,9,14-15H2,1H3. The highest BCUT2D eigenvalue weighted by atomic mass is 16.5. The van der Waals surface area contributed by atoms with E-state index in [1.807, 2.05) is 36.4 Å². The van der Waals surface area contributed by atoms with E-state index in [9.17, 15) is 4.79 Å². The lowest BCUT2D eigenvalue weighted by atomic mass is 10.1. The number of benzene rings is 1. The summed E-state index contributed by atoms with van der Waals surface area (Å²) in [6, 6.07) is 11.8. The van der Waals surface area contributed by atoms with Gasteiger partial charge >= 0.3 is 5.97 Å². The van der Waals surface area contributed by atoms with Crippen molar-refractivity contribution in [1.29, 1.82) is 0 Å². The Morgan fingerprint density at radius 1 is 1.00 bits per heavy atom. The zero-order valence-corrected chi connectivity index (χ0v) is 13.4. The van der Waals surface area contributed by atoms with Crippen LogP contribution in [0, 0.1) is 0 Å². The van der Waals surface area contributed by atoms with E-state index in [2.05, 4.69) is 11.9 Å². The van der Waals surface area contributed by atoms with Crippen molar-refractivity contribution in [2.45, 2.75) is 51.9 Å². The largest absolute Gasteiger partial charge is 0.465 e. The molecule has 0 N–H and O–H groups in total. The van der Waals surface area contributed by atoms with Gasteiger partial charge in [-0.25, -0.2) is 0 Å². The Morgan fingerprint density at radius 2 is 1.77 bits per heavy atom. The summed E-state index contributed by atoms with van der Waals surface area (Å²) in [6.45, 7) is 2.74. The van der Waals surface area contributed by atoms with Crippen LogP contribution >= 0.6 is 0 Å². The summed E-state index contributed by atoms with van der Waals surface area (Å²) >= 11 is 0. The van der Waals surface area contributed by atoms with E-state index < -0.39 is 0 Å². The summed E-state index contributed by atoms with van der Waals surface area (Å²) < 4.78 is 5.29. The molecule has 0 fully saturated rings. The molecule has 22 heavy (non-hydrogen) atoms. The fourth-order valence-corrected chi connectivity index (χ4v) is 2.47. The van der Waals surface area contributed by atoms with Gasteiger partial charge in [0.1, 0.15) is 0 Å². The SMILES string of the molecule is CCCCCCCCOC(=O)Cc1ccc2ccccc2n1. The number of fused-ring (bicyclic) bond motifs is 1. The molecule has 0 aliphatic heterocycles. The zero-order chi connectivity index (χ0) is 15.6. The van der Waals surface area contributed by atoms with E-state index in [1.165, 1.54) is 25.7 Å². The van der Waals surface area contributed by atoms with Crippen molar-refractivity contribution in [3.8, 4) is 0 Å². The van der Waals surface area contributed by atoms with Crippen molar-refractivity contribution in [1.82, 2.24) is 4.98 Å². The van der Waals surface area contributed by atoms with Crippen molar-refractivity contribution < 1.29 is 9.53 Å². The van der Waals surface area contributed by atoms with E-state index in [0.29, 0.717) is 6.61 Å². The molecule has 0 atom stereocenters. The highest BCUT2D eigenvalue weighted by molar-refractivity contribution is 5.79. The van der Waals surface area contributed by atoms with Gasteiger partial charge in [-0.05, 0) is 18.6 Å². The van der Waals surface area contributed by atoms with Crippen molar-refractivity contribution in [2.24, 2.45) is 0 Å². The van der Waals surface area contributed by atoms with Gasteiger partial charge in [0, 0.05) is 5.39 Å². The van der Waals surface area contributed by atoms with Crippen LogP contribution in [0.4, 0.5) is 0 Å². The maximum atomic E-state index is 11.8. The van der Waals surface area contributed by atoms with E-state index in [4.69, 9.17) is 4.74 Å². The number of aromatic nitrogens is 1. The number of hydrogen-bond donors (Lipinski definition) is 0. The third-order valence-electron chi connectivity index (χ3n) is 3.74. The van der Waals surface area contributed by atoms with Gasteiger partial charge in [-0.2, -0.15) is 0 Å². The summed E-state index contributed by atoms with van der Waals surface area (Å²) in [5.74, 6) is -0.184. The molecule has 2 rings (SSSR count). The van der Waals surface area contributed by atoms with Crippen LogP contribution in [0.1, 0.15) is 51.1 Å². The second-order valence-corrected chi connectivity index (χ2v) is 5.66. The van der Waals surface area contributed by atoms with Gasteiger partial charge in [0.25, 0.3) is 0 Å². The Morgan fingerprint density at radius 3 is 2.64 bits per heavy atom. The quantitative estimate of drug-likeness (QED) is 0.498. The predicted octanol–water partition coefficient (Wildman–Crippen LogP) is 4.68. The predicted molar refractivity (Wildman–Crippen MR) is 89.8 cm³/mol. The fraction of sp³-hybridized carbons (Fsp3) is 0.474. The van der Waals surface area contributed by atoms with E-state index >= 15 is 0 Å². The van der Waals surface area contributed by atoms with Crippen LogP contribution in [-0.4, -0.2) is 17.6 Å². The van der Waals surface area contributed by atoms with E-state index in [1.54, 1.807) is 0 Å². The van der Waals surface area contributed by atoms with Gasteiger partial charge in [0.2, 0.25) is 0 Å². The average molecular weight is 299 g/mol. The molecule has 0 saturated heterocycles. The molecule has 2 aromatic rings. The minimum absolute atomic E-state index is 0.184. The molecule has 1 heterocycles. The number of rotatable bonds is 9. The van der Waals surface area contributed by atoms with Crippen LogP contribution in [0.2, 0.25) is 0 Å². The maximum Gasteiger partial charge on any atom is 0.311 e. The summed E-state index contributed by atoms with van der Waals surface area (Å²) in [5.41, 5.74) is 1.69. The van der Waals surface area contributed by atoms with Gasteiger partial charge < -0.3 is 4.74 Å². The first-order valence-electron chi connectivity index (χ1n) is 8.30. The van der Waals surface area contributed by atoms with Crippen molar-refractivity contribution >= 4 is 16.9 Å². The van der Waals surface area contributed by atoms with Gasteiger partial charge in [-0.1, -0.05) is 63.3 Å². The molecule has 1 aromatic carbocycles. The van der Waals surface area contributed by atoms with E-state index in [0.717, 1.165) is 29.4 Å².